The molecule has 2 heterocycles. The maximum absolute atomic E-state index is 13.6. The Hall–Kier alpha value is -3.78. The minimum absolute atomic E-state index is 0.0149. The van der Waals surface area contributed by atoms with Crippen molar-refractivity contribution in [2.75, 3.05) is 34.5 Å². The summed E-state index contributed by atoms with van der Waals surface area (Å²) in [4.78, 5) is 28.0. The highest BCUT2D eigenvalue weighted by molar-refractivity contribution is 6.16. The summed E-state index contributed by atoms with van der Waals surface area (Å²) in [5.74, 6) is -0.607. The Bertz CT molecular complexity index is 1210. The molecule has 1 aliphatic heterocycles. The lowest BCUT2D eigenvalue weighted by Gasteiger charge is -2.26. The van der Waals surface area contributed by atoms with Crippen LogP contribution in [0.5, 0.6) is 11.5 Å². The molecule has 0 saturated heterocycles. The van der Waals surface area contributed by atoms with E-state index in [4.69, 9.17) is 18.6 Å². The smallest absolute Gasteiger partial charge is 0.290 e. The number of rotatable bonds is 9. The molecule has 172 valence electrons. The first-order valence-electron chi connectivity index (χ1n) is 10.5. The molecule has 0 spiro atoms. The minimum atomic E-state index is -0.775. The van der Waals surface area contributed by atoms with Gasteiger partial charge in [-0.1, -0.05) is 24.3 Å². The van der Waals surface area contributed by atoms with Gasteiger partial charge < -0.3 is 28.6 Å². The lowest BCUT2D eigenvalue weighted by Crippen LogP contribution is -2.32. The van der Waals surface area contributed by atoms with Gasteiger partial charge in [-0.2, -0.15) is 0 Å². The summed E-state index contributed by atoms with van der Waals surface area (Å²) in [6, 6.07) is 13.2. The SMILES string of the molecule is COCCCN1C(=O)C(O)=C(C(=O)c2cc3cccc(OC)c3o2)C1c1ccc(OC)cc1. The number of aliphatic hydroxyl groups excluding tert-OH is 1. The zero-order chi connectivity index (χ0) is 23.5. The molecular formula is C25H25NO7. The molecule has 0 saturated carbocycles. The Kier molecular flexibility index (Phi) is 6.37. The molecule has 8 nitrogen and oxygen atoms in total. The Morgan fingerprint density at radius 1 is 1.09 bits per heavy atom. The molecule has 1 atom stereocenters. The average Bonchev–Trinajstić information content (AvgIpc) is 3.39. The van der Waals surface area contributed by atoms with E-state index < -0.39 is 23.5 Å². The highest BCUT2D eigenvalue weighted by Crippen LogP contribution is 2.40. The van der Waals surface area contributed by atoms with Crippen molar-refractivity contribution < 1.29 is 33.3 Å². The number of methoxy groups -OCH3 is 3. The average molecular weight is 451 g/mol. The molecule has 0 aliphatic carbocycles. The van der Waals surface area contributed by atoms with Crippen molar-refractivity contribution >= 4 is 22.7 Å². The van der Waals surface area contributed by atoms with Crippen LogP contribution in [0.1, 0.15) is 28.6 Å². The van der Waals surface area contributed by atoms with Crippen molar-refractivity contribution in [3.63, 3.8) is 0 Å². The molecule has 0 fully saturated rings. The van der Waals surface area contributed by atoms with Gasteiger partial charge in [0.05, 0.1) is 25.8 Å². The summed E-state index contributed by atoms with van der Waals surface area (Å²) >= 11 is 0. The van der Waals surface area contributed by atoms with Gasteiger partial charge in [0.2, 0.25) is 5.78 Å². The second-order valence-electron chi connectivity index (χ2n) is 7.60. The standard InChI is InChI=1S/C25H25NO7/c1-30-13-5-12-26-21(15-8-10-17(31-2)11-9-15)20(23(28)25(26)29)22(27)19-14-16-6-4-7-18(32-3)24(16)33-19/h4,6-11,14,21,28H,5,12-13H2,1-3H3. The number of ketones is 1. The number of carbonyl (C=O) groups is 2. The molecular weight excluding hydrogens is 426 g/mol. The quantitative estimate of drug-likeness (QED) is 0.387. The Labute approximate surface area is 191 Å². The van der Waals surface area contributed by atoms with Crippen molar-refractivity contribution in [2.45, 2.75) is 12.5 Å². The van der Waals surface area contributed by atoms with E-state index in [1.807, 2.05) is 0 Å². The summed E-state index contributed by atoms with van der Waals surface area (Å²) in [6.07, 6.45) is 0.547. The number of hydrogen-bond donors (Lipinski definition) is 1. The third kappa shape index (κ3) is 4.05. The molecule has 33 heavy (non-hydrogen) atoms. The van der Waals surface area contributed by atoms with Crippen LogP contribution in [0, 0.1) is 0 Å². The Morgan fingerprint density at radius 3 is 2.52 bits per heavy atom. The maximum Gasteiger partial charge on any atom is 0.290 e. The van der Waals surface area contributed by atoms with Crippen LogP contribution >= 0.6 is 0 Å². The van der Waals surface area contributed by atoms with Crippen molar-refractivity contribution in [2.24, 2.45) is 0 Å². The number of aliphatic hydroxyl groups is 1. The number of fused-ring (bicyclic) bond motifs is 1. The second kappa shape index (κ2) is 9.38. The summed E-state index contributed by atoms with van der Waals surface area (Å²) in [5.41, 5.74) is 1.06. The summed E-state index contributed by atoms with van der Waals surface area (Å²) in [6.45, 7) is 0.741. The zero-order valence-corrected chi connectivity index (χ0v) is 18.7. The van der Waals surface area contributed by atoms with Crippen molar-refractivity contribution in [1.29, 1.82) is 0 Å². The first-order chi connectivity index (χ1) is 16.0. The van der Waals surface area contributed by atoms with E-state index in [-0.39, 0.29) is 11.3 Å². The predicted molar refractivity (Wildman–Crippen MR) is 121 cm³/mol. The van der Waals surface area contributed by atoms with Crippen LogP contribution < -0.4 is 9.47 Å². The van der Waals surface area contributed by atoms with E-state index in [1.54, 1.807) is 62.8 Å². The second-order valence-corrected chi connectivity index (χ2v) is 7.60. The summed E-state index contributed by atoms with van der Waals surface area (Å²) in [7, 11) is 4.65. The fourth-order valence-electron chi connectivity index (χ4n) is 4.07. The van der Waals surface area contributed by atoms with Gasteiger partial charge in [-0.05, 0) is 36.2 Å². The van der Waals surface area contributed by atoms with E-state index >= 15 is 0 Å². The van der Waals surface area contributed by atoms with Gasteiger partial charge in [-0.15, -0.1) is 0 Å². The van der Waals surface area contributed by atoms with Crippen molar-refractivity contribution in [3.8, 4) is 11.5 Å². The van der Waals surface area contributed by atoms with Crippen molar-refractivity contribution in [3.05, 3.63) is 71.2 Å². The first kappa shape index (κ1) is 22.4. The molecule has 1 N–H and O–H groups in total. The van der Waals surface area contributed by atoms with E-state index in [0.717, 1.165) is 0 Å². The number of benzene rings is 2. The van der Waals surface area contributed by atoms with Crippen LogP contribution in [0.25, 0.3) is 11.0 Å². The molecule has 0 radical (unpaired) electrons. The third-order valence-corrected chi connectivity index (χ3v) is 5.68. The Balaban J connectivity index is 1.77. The molecule has 1 amide bonds. The van der Waals surface area contributed by atoms with Gasteiger partial charge in [0.1, 0.15) is 5.75 Å². The fourth-order valence-corrected chi connectivity index (χ4v) is 4.07. The number of nitrogens with zero attached hydrogens (tertiary/aromatic N) is 1. The summed E-state index contributed by atoms with van der Waals surface area (Å²) < 4.78 is 21.5. The van der Waals surface area contributed by atoms with Gasteiger partial charge in [0, 0.05) is 25.6 Å². The lowest BCUT2D eigenvalue weighted by molar-refractivity contribution is -0.129. The van der Waals surface area contributed by atoms with Crippen LogP contribution in [0.3, 0.4) is 0 Å². The third-order valence-electron chi connectivity index (χ3n) is 5.68. The number of furan rings is 1. The molecule has 1 unspecified atom stereocenters. The monoisotopic (exact) mass is 451 g/mol. The maximum atomic E-state index is 13.6. The topological polar surface area (TPSA) is 98.4 Å². The van der Waals surface area contributed by atoms with Gasteiger partial charge in [0.15, 0.2) is 22.9 Å². The van der Waals surface area contributed by atoms with Gasteiger partial charge in [0.25, 0.3) is 5.91 Å². The largest absolute Gasteiger partial charge is 0.503 e. The van der Waals surface area contributed by atoms with Crippen LogP contribution in [0.4, 0.5) is 0 Å². The van der Waals surface area contributed by atoms with Crippen LogP contribution in [0.2, 0.25) is 0 Å². The molecule has 1 aliphatic rings. The lowest BCUT2D eigenvalue weighted by atomic mass is 9.95. The van der Waals surface area contributed by atoms with Gasteiger partial charge in [-0.25, -0.2) is 0 Å². The number of amides is 1. The minimum Gasteiger partial charge on any atom is -0.503 e. The van der Waals surface area contributed by atoms with E-state index in [1.165, 1.54) is 12.0 Å². The van der Waals surface area contributed by atoms with Crippen LogP contribution in [-0.4, -0.2) is 56.2 Å². The first-order valence-corrected chi connectivity index (χ1v) is 10.5. The number of ether oxygens (including phenoxy) is 3. The molecule has 2 aromatic carbocycles. The predicted octanol–water partition coefficient (Wildman–Crippen LogP) is 4.06. The molecule has 8 heteroatoms. The van der Waals surface area contributed by atoms with Crippen LogP contribution in [0.15, 0.2) is 64.3 Å². The van der Waals surface area contributed by atoms with Crippen LogP contribution in [-0.2, 0) is 9.53 Å². The number of Topliss-reactive ketones (excluding diaryl/α,β-unsaturated/α-hetero) is 1. The Morgan fingerprint density at radius 2 is 1.85 bits per heavy atom. The van der Waals surface area contributed by atoms with E-state index in [0.29, 0.717) is 47.6 Å². The molecule has 0 bridgehead atoms. The number of carbonyl (C=O) groups excluding carboxylic acids is 2. The van der Waals surface area contributed by atoms with Gasteiger partial charge in [-0.3, -0.25) is 9.59 Å². The highest BCUT2D eigenvalue weighted by atomic mass is 16.5. The number of para-hydroxylation sites is 1. The molecule has 4 rings (SSSR count). The fraction of sp³-hybridized carbons (Fsp3) is 0.280. The number of hydrogen-bond acceptors (Lipinski definition) is 7. The highest BCUT2D eigenvalue weighted by Gasteiger charge is 2.44. The van der Waals surface area contributed by atoms with Crippen molar-refractivity contribution in [1.82, 2.24) is 4.90 Å². The molecule has 1 aromatic heterocycles. The summed E-state index contributed by atoms with van der Waals surface area (Å²) in [5, 5.41) is 11.5. The molecule has 3 aromatic rings. The normalized spacial score (nSPS) is 16.0. The zero-order valence-electron chi connectivity index (χ0n) is 18.7. The van der Waals surface area contributed by atoms with Gasteiger partial charge >= 0.3 is 0 Å². The van der Waals surface area contributed by atoms with E-state index in [2.05, 4.69) is 0 Å². The van der Waals surface area contributed by atoms with E-state index in [9.17, 15) is 14.7 Å².